The first-order chi connectivity index (χ1) is 7.48. The van der Waals surface area contributed by atoms with E-state index in [9.17, 15) is 0 Å². The molecule has 0 amide bonds. The average Bonchev–Trinajstić information content (AvgIpc) is 2.70. The van der Waals surface area contributed by atoms with Crippen LogP contribution >= 0.6 is 23.4 Å². The third-order valence-electron chi connectivity index (χ3n) is 2.25. The van der Waals surface area contributed by atoms with E-state index < -0.39 is 0 Å². The van der Waals surface area contributed by atoms with Crippen LogP contribution in [0.5, 0.6) is 0 Å². The molecule has 1 aliphatic rings. The molecule has 1 aromatic rings. The number of oxime groups is 1. The maximum absolute atomic E-state index is 5.80. The van der Waals surface area contributed by atoms with E-state index in [4.69, 9.17) is 16.4 Å². The Morgan fingerprint density at radius 1 is 1.50 bits per heavy atom. The van der Waals surface area contributed by atoms with E-state index in [0.717, 1.165) is 17.3 Å². The molecule has 0 bridgehead atoms. The van der Waals surface area contributed by atoms with Gasteiger partial charge in [0, 0.05) is 13.5 Å². The van der Waals surface area contributed by atoms with Crippen molar-refractivity contribution < 1.29 is 4.84 Å². The molecule has 1 aromatic heterocycles. The molecule has 0 N–H and O–H groups in total. The predicted molar refractivity (Wildman–Crippen MR) is 64.5 cm³/mol. The van der Waals surface area contributed by atoms with E-state index in [1.54, 1.807) is 16.3 Å². The van der Waals surface area contributed by atoms with Crippen LogP contribution in [-0.4, -0.2) is 25.4 Å². The van der Waals surface area contributed by atoms with Crippen LogP contribution in [0.25, 0.3) is 0 Å². The number of aromatic nitrogens is 3. The van der Waals surface area contributed by atoms with E-state index in [1.165, 1.54) is 0 Å². The lowest BCUT2D eigenvalue weighted by Crippen LogP contribution is -2.18. The van der Waals surface area contributed by atoms with Crippen molar-refractivity contribution in [1.29, 1.82) is 0 Å². The minimum absolute atomic E-state index is 0.181. The molecule has 0 aliphatic carbocycles. The van der Waals surface area contributed by atoms with Crippen molar-refractivity contribution in [3.05, 3.63) is 11.1 Å². The van der Waals surface area contributed by atoms with Crippen molar-refractivity contribution in [2.75, 3.05) is 0 Å². The number of nitrogens with zero attached hydrogens (tertiary/aromatic N) is 4. The number of halogens is 1. The van der Waals surface area contributed by atoms with Gasteiger partial charge in [0.2, 0.25) is 5.28 Å². The summed E-state index contributed by atoms with van der Waals surface area (Å²) in [4.78, 5) is 5.28. The molecule has 0 saturated heterocycles. The Morgan fingerprint density at radius 2 is 2.25 bits per heavy atom. The lowest BCUT2D eigenvalue weighted by atomic mass is 10.1. The quantitative estimate of drug-likeness (QED) is 0.818. The fourth-order valence-corrected chi connectivity index (χ4v) is 2.52. The van der Waals surface area contributed by atoms with Gasteiger partial charge in [0.1, 0.15) is 16.5 Å². The van der Waals surface area contributed by atoms with E-state index in [2.05, 4.69) is 15.4 Å². The van der Waals surface area contributed by atoms with E-state index in [-0.39, 0.29) is 5.60 Å². The van der Waals surface area contributed by atoms with Crippen LogP contribution in [0.1, 0.15) is 26.1 Å². The maximum atomic E-state index is 5.80. The van der Waals surface area contributed by atoms with Crippen LogP contribution in [-0.2, 0) is 17.6 Å². The first-order valence-corrected chi connectivity index (χ1v) is 6.26. The molecular weight excluding hydrogens is 248 g/mol. The molecule has 0 saturated carbocycles. The van der Waals surface area contributed by atoms with Gasteiger partial charge < -0.3 is 9.40 Å². The molecular formula is C9H13ClN4OS. The zero-order valence-electron chi connectivity index (χ0n) is 9.40. The van der Waals surface area contributed by atoms with Crippen LogP contribution in [0.2, 0.25) is 5.28 Å². The Kier molecular flexibility index (Phi) is 3.12. The lowest BCUT2D eigenvalue weighted by Gasteiger charge is -2.12. The molecule has 2 heterocycles. The highest BCUT2D eigenvalue weighted by Gasteiger charge is 2.29. The number of hydrogen-bond acceptors (Lipinski definition) is 5. The largest absolute Gasteiger partial charge is 0.389 e. The highest BCUT2D eigenvalue weighted by Crippen LogP contribution is 2.28. The second kappa shape index (κ2) is 4.25. The summed E-state index contributed by atoms with van der Waals surface area (Å²) >= 11 is 7.41. The van der Waals surface area contributed by atoms with Gasteiger partial charge in [-0.2, -0.15) is 0 Å². The molecule has 88 valence electrons. The zero-order valence-corrected chi connectivity index (χ0v) is 11.0. The van der Waals surface area contributed by atoms with E-state index in [1.807, 2.05) is 20.9 Å². The third kappa shape index (κ3) is 2.49. The summed E-state index contributed by atoms with van der Waals surface area (Å²) in [6, 6.07) is 0. The molecule has 1 aliphatic heterocycles. The molecule has 0 spiro atoms. The van der Waals surface area contributed by atoms with Gasteiger partial charge in [0.05, 0.1) is 5.75 Å². The Balaban J connectivity index is 1.92. The van der Waals surface area contributed by atoms with Gasteiger partial charge in [0.15, 0.2) is 0 Å². The maximum Gasteiger partial charge on any atom is 0.224 e. The molecule has 0 atom stereocenters. The van der Waals surface area contributed by atoms with Crippen LogP contribution in [0.4, 0.5) is 0 Å². The summed E-state index contributed by atoms with van der Waals surface area (Å²) in [7, 11) is 1.84. The SMILES string of the molecule is Cn1c(Cl)nnc1CSC1=NOC(C)(C)C1. The Labute approximate surface area is 103 Å². The minimum atomic E-state index is -0.181. The van der Waals surface area contributed by atoms with Crippen LogP contribution in [0.15, 0.2) is 5.16 Å². The number of thioether (sulfide) groups is 1. The van der Waals surface area contributed by atoms with Crippen molar-refractivity contribution in [1.82, 2.24) is 14.8 Å². The molecule has 16 heavy (non-hydrogen) atoms. The van der Waals surface area contributed by atoms with Gasteiger partial charge in [-0.25, -0.2) is 0 Å². The summed E-state index contributed by atoms with van der Waals surface area (Å²) in [6.07, 6.45) is 0.837. The summed E-state index contributed by atoms with van der Waals surface area (Å²) in [5.41, 5.74) is -0.181. The topological polar surface area (TPSA) is 52.3 Å². The smallest absolute Gasteiger partial charge is 0.224 e. The number of rotatable bonds is 2. The lowest BCUT2D eigenvalue weighted by molar-refractivity contribution is 0.0123. The Bertz CT molecular complexity index is 429. The fraction of sp³-hybridized carbons (Fsp3) is 0.667. The van der Waals surface area contributed by atoms with Crippen LogP contribution < -0.4 is 0 Å². The fourth-order valence-electron chi connectivity index (χ4n) is 1.29. The van der Waals surface area contributed by atoms with Gasteiger partial charge in [0.25, 0.3) is 0 Å². The summed E-state index contributed by atoms with van der Waals surface area (Å²) in [5.74, 6) is 1.54. The molecule has 0 unspecified atom stereocenters. The second-order valence-corrected chi connectivity index (χ2v) is 5.63. The molecule has 0 radical (unpaired) electrons. The van der Waals surface area contributed by atoms with E-state index in [0.29, 0.717) is 11.0 Å². The molecule has 2 rings (SSSR count). The standard InChI is InChI=1S/C9H13ClN4OS/c1-9(2)4-7(13-15-9)16-5-6-11-12-8(10)14(6)3/h4-5H2,1-3H3. The predicted octanol–water partition coefficient (Wildman–Crippen LogP) is 2.21. The molecule has 0 fully saturated rings. The molecule has 0 aromatic carbocycles. The third-order valence-corrected chi connectivity index (χ3v) is 3.54. The van der Waals surface area contributed by atoms with Crippen LogP contribution in [0, 0.1) is 0 Å². The van der Waals surface area contributed by atoms with Gasteiger partial charge in [-0.05, 0) is 25.4 Å². The second-order valence-electron chi connectivity index (χ2n) is 4.25. The van der Waals surface area contributed by atoms with Gasteiger partial charge in [-0.15, -0.1) is 10.2 Å². The van der Waals surface area contributed by atoms with Crippen molar-refractivity contribution >= 4 is 28.4 Å². The van der Waals surface area contributed by atoms with Gasteiger partial charge in [-0.1, -0.05) is 16.9 Å². The highest BCUT2D eigenvalue weighted by atomic mass is 35.5. The normalized spacial score (nSPS) is 18.4. The summed E-state index contributed by atoms with van der Waals surface area (Å²) < 4.78 is 1.76. The molecule has 5 nitrogen and oxygen atoms in total. The van der Waals surface area contributed by atoms with Gasteiger partial charge >= 0.3 is 0 Å². The average molecular weight is 261 g/mol. The minimum Gasteiger partial charge on any atom is -0.389 e. The first kappa shape index (κ1) is 11.7. The highest BCUT2D eigenvalue weighted by molar-refractivity contribution is 8.13. The van der Waals surface area contributed by atoms with Crippen molar-refractivity contribution in [2.45, 2.75) is 31.6 Å². The number of hydrogen-bond donors (Lipinski definition) is 0. The van der Waals surface area contributed by atoms with Crippen molar-refractivity contribution in [3.63, 3.8) is 0 Å². The van der Waals surface area contributed by atoms with Crippen molar-refractivity contribution in [3.8, 4) is 0 Å². The summed E-state index contributed by atoms with van der Waals surface area (Å²) in [5, 5.41) is 13.2. The van der Waals surface area contributed by atoms with E-state index >= 15 is 0 Å². The van der Waals surface area contributed by atoms with Crippen LogP contribution in [0.3, 0.4) is 0 Å². The summed E-state index contributed by atoms with van der Waals surface area (Å²) in [6.45, 7) is 4.03. The molecule has 7 heteroatoms. The zero-order chi connectivity index (χ0) is 11.8. The first-order valence-electron chi connectivity index (χ1n) is 4.89. The Hall–Kier alpha value is -0.750. The Morgan fingerprint density at radius 3 is 2.75 bits per heavy atom. The van der Waals surface area contributed by atoms with Crippen molar-refractivity contribution in [2.24, 2.45) is 12.2 Å². The van der Waals surface area contributed by atoms with Gasteiger partial charge in [-0.3, -0.25) is 0 Å². The monoisotopic (exact) mass is 260 g/mol.